The van der Waals surface area contributed by atoms with Crippen molar-refractivity contribution in [1.29, 1.82) is 5.26 Å². The zero-order valence-corrected chi connectivity index (χ0v) is 32.0. The molecule has 5 heterocycles. The van der Waals surface area contributed by atoms with Gasteiger partial charge in [0.1, 0.15) is 17.6 Å². The maximum atomic E-state index is 10.8. The molecular formula is C54H31N5O. The van der Waals surface area contributed by atoms with Gasteiger partial charge in [-0.1, -0.05) is 103 Å². The number of benzene rings is 7. The minimum absolute atomic E-state index is 0.600. The SMILES string of the molecule is N#Cc1cccc(-n2c3ccccc3c3ccccc32)c1-n1c2ccccc2c2cc(-c3ccc4c(c3)C3(c5ccccc5O4)c4cccnc4-c4ncccc43)ccc21. The molecule has 0 bridgehead atoms. The molecule has 2 aliphatic rings. The fourth-order valence-electron chi connectivity index (χ4n) is 10.4. The van der Waals surface area contributed by atoms with Crippen LogP contribution < -0.4 is 4.74 Å². The van der Waals surface area contributed by atoms with Crippen LogP contribution in [-0.4, -0.2) is 19.1 Å². The zero-order chi connectivity index (χ0) is 39.5. The molecule has 0 amide bonds. The summed E-state index contributed by atoms with van der Waals surface area (Å²) in [6, 6.07) is 64.2. The van der Waals surface area contributed by atoms with Crippen molar-refractivity contribution in [3.8, 4) is 51.5 Å². The van der Waals surface area contributed by atoms with E-state index in [0.29, 0.717) is 5.56 Å². The van der Waals surface area contributed by atoms with Crippen LogP contribution in [0.2, 0.25) is 0 Å². The summed E-state index contributed by atoms with van der Waals surface area (Å²) in [5.41, 5.74) is 14.2. The van der Waals surface area contributed by atoms with E-state index in [1.165, 1.54) is 10.8 Å². The zero-order valence-electron chi connectivity index (χ0n) is 32.0. The topological polar surface area (TPSA) is 68.7 Å². The number of pyridine rings is 2. The Bertz CT molecular complexity index is 3580. The Balaban J connectivity index is 1.05. The predicted octanol–water partition coefficient (Wildman–Crippen LogP) is 12.7. The Kier molecular flexibility index (Phi) is 6.62. The van der Waals surface area contributed by atoms with Crippen molar-refractivity contribution in [3.05, 3.63) is 216 Å². The van der Waals surface area contributed by atoms with Gasteiger partial charge in [0.05, 0.1) is 55.8 Å². The van der Waals surface area contributed by atoms with E-state index >= 15 is 0 Å². The van der Waals surface area contributed by atoms with Crippen molar-refractivity contribution in [1.82, 2.24) is 19.1 Å². The normalized spacial score (nSPS) is 13.2. The molecule has 4 aromatic heterocycles. The number of hydrogen-bond donors (Lipinski definition) is 0. The van der Waals surface area contributed by atoms with Gasteiger partial charge in [-0.15, -0.1) is 0 Å². The van der Waals surface area contributed by atoms with Crippen LogP contribution in [0.15, 0.2) is 188 Å². The Morgan fingerprint density at radius 1 is 0.450 bits per heavy atom. The molecule has 0 fully saturated rings. The molecule has 7 aromatic carbocycles. The third-order valence-corrected chi connectivity index (χ3v) is 12.7. The molecule has 1 aliphatic carbocycles. The van der Waals surface area contributed by atoms with Crippen LogP contribution >= 0.6 is 0 Å². The van der Waals surface area contributed by atoms with Crippen LogP contribution in [0.25, 0.3) is 77.5 Å². The largest absolute Gasteiger partial charge is 0.457 e. The Labute approximate surface area is 344 Å². The van der Waals surface area contributed by atoms with E-state index in [0.717, 1.165) is 100 Å². The highest BCUT2D eigenvalue weighted by Gasteiger charge is 2.52. The second-order valence-corrected chi connectivity index (χ2v) is 15.6. The summed E-state index contributed by atoms with van der Waals surface area (Å²) in [6.45, 7) is 0. The van der Waals surface area contributed by atoms with E-state index < -0.39 is 5.41 Å². The number of nitrogens with zero attached hydrogens (tertiary/aromatic N) is 5. The Hall–Kier alpha value is -8.27. The molecule has 0 radical (unpaired) electrons. The molecule has 1 aliphatic heterocycles. The van der Waals surface area contributed by atoms with Gasteiger partial charge in [0.25, 0.3) is 0 Å². The number of hydrogen-bond acceptors (Lipinski definition) is 4. The van der Waals surface area contributed by atoms with Crippen LogP contribution in [0.4, 0.5) is 0 Å². The minimum atomic E-state index is -0.669. The lowest BCUT2D eigenvalue weighted by atomic mass is 9.66. The fourth-order valence-corrected chi connectivity index (χ4v) is 10.4. The van der Waals surface area contributed by atoms with Gasteiger partial charge in [-0.05, 0) is 95.1 Å². The molecular weight excluding hydrogens is 735 g/mol. The smallest absolute Gasteiger partial charge is 0.132 e. The van der Waals surface area contributed by atoms with Crippen molar-refractivity contribution in [2.45, 2.75) is 5.41 Å². The van der Waals surface area contributed by atoms with Crippen LogP contribution in [0.1, 0.15) is 27.8 Å². The van der Waals surface area contributed by atoms with Gasteiger partial charge in [0, 0.05) is 45.1 Å². The highest BCUT2D eigenvalue weighted by molar-refractivity contribution is 6.12. The monoisotopic (exact) mass is 765 g/mol. The molecule has 0 saturated carbocycles. The quantitative estimate of drug-likeness (QED) is 0.180. The second-order valence-electron chi connectivity index (χ2n) is 15.6. The van der Waals surface area contributed by atoms with Crippen LogP contribution in [0, 0.1) is 11.3 Å². The van der Waals surface area contributed by atoms with Crippen molar-refractivity contribution in [2.75, 3.05) is 0 Å². The summed E-state index contributed by atoms with van der Waals surface area (Å²) in [6.07, 6.45) is 3.71. The number of rotatable bonds is 3. The van der Waals surface area contributed by atoms with Crippen molar-refractivity contribution in [3.63, 3.8) is 0 Å². The van der Waals surface area contributed by atoms with E-state index in [1.807, 2.05) is 42.7 Å². The lowest BCUT2D eigenvalue weighted by Crippen LogP contribution is -2.32. The number of ether oxygens (including phenoxy) is 1. The number of para-hydroxylation sites is 5. The summed E-state index contributed by atoms with van der Waals surface area (Å²) < 4.78 is 11.3. The fraction of sp³-hybridized carbons (Fsp3) is 0.0185. The summed E-state index contributed by atoms with van der Waals surface area (Å²) >= 11 is 0. The van der Waals surface area contributed by atoms with Gasteiger partial charge in [0.2, 0.25) is 0 Å². The maximum absolute atomic E-state index is 10.8. The van der Waals surface area contributed by atoms with Gasteiger partial charge >= 0.3 is 0 Å². The summed E-state index contributed by atoms with van der Waals surface area (Å²) in [4.78, 5) is 9.81. The van der Waals surface area contributed by atoms with Crippen LogP contribution in [-0.2, 0) is 5.41 Å². The van der Waals surface area contributed by atoms with Gasteiger partial charge in [0.15, 0.2) is 0 Å². The Morgan fingerprint density at radius 3 is 1.70 bits per heavy atom. The maximum Gasteiger partial charge on any atom is 0.132 e. The van der Waals surface area contributed by atoms with Gasteiger partial charge in [-0.25, -0.2) is 0 Å². The molecule has 0 N–H and O–H groups in total. The molecule has 1 spiro atoms. The average Bonchev–Trinajstić information content (AvgIpc) is 3.93. The van der Waals surface area contributed by atoms with Crippen molar-refractivity contribution < 1.29 is 4.74 Å². The number of aromatic nitrogens is 4. The first-order chi connectivity index (χ1) is 29.7. The highest BCUT2D eigenvalue weighted by atomic mass is 16.5. The van der Waals surface area contributed by atoms with Crippen LogP contribution in [0.5, 0.6) is 11.5 Å². The summed E-state index contributed by atoms with van der Waals surface area (Å²) in [5.74, 6) is 1.64. The molecule has 60 heavy (non-hydrogen) atoms. The lowest BCUT2D eigenvalue weighted by Gasteiger charge is -2.39. The summed E-state index contributed by atoms with van der Waals surface area (Å²) in [5, 5.41) is 15.3. The first-order valence-corrected chi connectivity index (χ1v) is 20.1. The molecule has 0 atom stereocenters. The highest BCUT2D eigenvalue weighted by Crippen LogP contribution is 2.61. The van der Waals surface area contributed by atoms with Crippen molar-refractivity contribution >= 4 is 43.6 Å². The number of nitriles is 1. The minimum Gasteiger partial charge on any atom is -0.457 e. The first-order valence-electron chi connectivity index (χ1n) is 20.1. The first kappa shape index (κ1) is 32.8. The van der Waals surface area contributed by atoms with E-state index in [9.17, 15) is 5.26 Å². The van der Waals surface area contributed by atoms with E-state index in [1.54, 1.807) is 0 Å². The lowest BCUT2D eigenvalue weighted by molar-refractivity contribution is 0.436. The van der Waals surface area contributed by atoms with Gasteiger partial charge < -0.3 is 13.9 Å². The molecule has 6 heteroatoms. The van der Waals surface area contributed by atoms with Gasteiger partial charge in [-0.3, -0.25) is 9.97 Å². The molecule has 0 saturated heterocycles. The third kappa shape index (κ3) is 4.20. The predicted molar refractivity (Wildman–Crippen MR) is 238 cm³/mol. The average molecular weight is 766 g/mol. The van der Waals surface area contributed by atoms with Gasteiger partial charge in [-0.2, -0.15) is 5.26 Å². The molecule has 0 unspecified atom stereocenters. The molecule has 6 nitrogen and oxygen atoms in total. The molecule has 13 rings (SSSR count). The number of fused-ring (bicyclic) bond motifs is 15. The summed E-state index contributed by atoms with van der Waals surface area (Å²) in [7, 11) is 0. The second kappa shape index (κ2) is 12.1. The molecule has 11 aromatic rings. The van der Waals surface area contributed by atoms with Crippen molar-refractivity contribution in [2.24, 2.45) is 0 Å². The third-order valence-electron chi connectivity index (χ3n) is 12.7. The standard InChI is InChI=1S/C54H31N5O/c55-32-35-12-9-22-48(58-44-19-5-1-13-36(44)37-14-2-6-20-45(37)58)53(35)59-46-21-7-3-15-38(46)39-30-33(24-26-47(39)59)34-25-27-50-43(31-34)54(40-16-4-8-23-49(40)60-50)41-17-10-28-56-51(41)52-42(54)18-11-29-57-52/h1-31H. The molecule has 278 valence electrons. The van der Waals surface area contributed by atoms with E-state index in [2.05, 4.69) is 161 Å². The Morgan fingerprint density at radius 2 is 1.00 bits per heavy atom. The van der Waals surface area contributed by atoms with E-state index in [-0.39, 0.29) is 0 Å². The van der Waals surface area contributed by atoms with E-state index in [4.69, 9.17) is 14.7 Å². The van der Waals surface area contributed by atoms with Crippen LogP contribution in [0.3, 0.4) is 0 Å².